The van der Waals surface area contributed by atoms with Gasteiger partial charge in [0.05, 0.1) is 0 Å². The summed E-state index contributed by atoms with van der Waals surface area (Å²) in [6.07, 6.45) is 1.90. The minimum absolute atomic E-state index is 0.454. The molecule has 1 aliphatic heterocycles. The van der Waals surface area contributed by atoms with Crippen molar-refractivity contribution in [2.45, 2.75) is 39.7 Å². The van der Waals surface area contributed by atoms with Crippen molar-refractivity contribution < 1.29 is 4.42 Å². The summed E-state index contributed by atoms with van der Waals surface area (Å²) in [5.41, 5.74) is 0. The Hall–Kier alpha value is -0.770. The molecule has 1 aromatic heterocycles. The van der Waals surface area contributed by atoms with E-state index in [0.717, 1.165) is 6.54 Å². The molecule has 3 atom stereocenters. The third-order valence-corrected chi connectivity index (χ3v) is 3.80. The normalized spacial score (nSPS) is 29.6. The van der Waals surface area contributed by atoms with Crippen LogP contribution in [0.1, 0.15) is 33.1 Å². The van der Waals surface area contributed by atoms with Crippen molar-refractivity contribution in [3.63, 3.8) is 0 Å². The highest BCUT2D eigenvalue weighted by atomic mass is 35.5. The van der Waals surface area contributed by atoms with Gasteiger partial charge >= 0.3 is 6.01 Å². The Morgan fingerprint density at radius 2 is 2.12 bits per heavy atom. The molecule has 0 aliphatic carbocycles. The quantitative estimate of drug-likeness (QED) is 0.781. The topological polar surface area (TPSA) is 42.2 Å². The molecule has 0 bridgehead atoms. The lowest BCUT2D eigenvalue weighted by Crippen LogP contribution is -2.46. The molecule has 96 valence electrons. The van der Waals surface area contributed by atoms with Gasteiger partial charge in [0.2, 0.25) is 5.89 Å². The minimum Gasteiger partial charge on any atom is -0.408 e. The fraction of sp³-hybridized carbons (Fsp3) is 0.833. The minimum atomic E-state index is 0.454. The maximum atomic E-state index is 5.66. The molecule has 1 aliphatic rings. The molecule has 1 fully saturated rings. The zero-order valence-electron chi connectivity index (χ0n) is 10.7. The van der Waals surface area contributed by atoms with Crippen molar-refractivity contribution in [2.24, 2.45) is 11.8 Å². The van der Waals surface area contributed by atoms with Gasteiger partial charge in [0.15, 0.2) is 0 Å². The largest absolute Gasteiger partial charge is 0.408 e. The van der Waals surface area contributed by atoms with Gasteiger partial charge in [0.25, 0.3) is 0 Å². The Kier molecular flexibility index (Phi) is 3.92. The van der Waals surface area contributed by atoms with Crippen molar-refractivity contribution in [2.75, 3.05) is 17.3 Å². The maximum Gasteiger partial charge on any atom is 0.318 e. The van der Waals surface area contributed by atoms with Crippen LogP contribution in [0.4, 0.5) is 6.01 Å². The lowest BCUT2D eigenvalue weighted by Gasteiger charge is -2.39. The lowest BCUT2D eigenvalue weighted by molar-refractivity contribution is 0.282. The van der Waals surface area contributed by atoms with E-state index >= 15 is 0 Å². The molecule has 0 spiro atoms. The predicted octanol–water partition coefficient (Wildman–Crippen LogP) is 2.72. The molecule has 2 heterocycles. The van der Waals surface area contributed by atoms with E-state index in [1.807, 2.05) is 0 Å². The van der Waals surface area contributed by atoms with Crippen molar-refractivity contribution in [3.05, 3.63) is 5.89 Å². The van der Waals surface area contributed by atoms with E-state index in [9.17, 15) is 0 Å². The summed E-state index contributed by atoms with van der Waals surface area (Å²) in [5, 5.41) is 8.15. The molecule has 0 radical (unpaired) electrons. The summed E-state index contributed by atoms with van der Waals surface area (Å²) in [6.45, 7) is 7.77. The highest BCUT2D eigenvalue weighted by Gasteiger charge is 2.31. The van der Waals surface area contributed by atoms with Crippen molar-refractivity contribution in [3.8, 4) is 0 Å². The monoisotopic (exact) mass is 257 g/mol. The van der Waals surface area contributed by atoms with Gasteiger partial charge in [0.1, 0.15) is 0 Å². The van der Waals surface area contributed by atoms with Crippen molar-refractivity contribution in [1.29, 1.82) is 0 Å². The SMILES string of the molecule is CC1CC(C)C(C)N(c2nnc(CCCl)o2)C1. The van der Waals surface area contributed by atoms with Crippen molar-refractivity contribution >= 4 is 17.6 Å². The van der Waals surface area contributed by atoms with Crippen LogP contribution in [0, 0.1) is 11.8 Å². The number of aromatic nitrogens is 2. The number of hydrogen-bond acceptors (Lipinski definition) is 4. The van der Waals surface area contributed by atoms with Gasteiger partial charge in [-0.1, -0.05) is 18.9 Å². The zero-order chi connectivity index (χ0) is 12.4. The first-order chi connectivity index (χ1) is 8.11. The number of aryl methyl sites for hydroxylation is 1. The fourth-order valence-corrected chi connectivity index (χ4v) is 2.67. The smallest absolute Gasteiger partial charge is 0.318 e. The Morgan fingerprint density at radius 1 is 1.35 bits per heavy atom. The van der Waals surface area contributed by atoms with Crippen LogP contribution in [-0.4, -0.2) is 28.7 Å². The molecular formula is C12H20ClN3O. The van der Waals surface area contributed by atoms with Gasteiger partial charge < -0.3 is 9.32 Å². The summed E-state index contributed by atoms with van der Waals surface area (Å²) in [4.78, 5) is 2.23. The standard InChI is InChI=1S/C12H20ClN3O/c1-8-6-9(2)10(3)16(7-8)12-15-14-11(17-12)4-5-13/h8-10H,4-7H2,1-3H3. The molecule has 5 heteroatoms. The van der Waals surface area contributed by atoms with Crippen LogP contribution >= 0.6 is 11.6 Å². The number of hydrogen-bond donors (Lipinski definition) is 0. The second kappa shape index (κ2) is 5.25. The molecule has 3 unspecified atom stereocenters. The highest BCUT2D eigenvalue weighted by Crippen LogP contribution is 2.30. The van der Waals surface area contributed by atoms with Crippen molar-refractivity contribution in [1.82, 2.24) is 10.2 Å². The summed E-state index contributed by atoms with van der Waals surface area (Å²) in [7, 11) is 0. The van der Waals surface area contributed by atoms with Crippen LogP contribution < -0.4 is 4.90 Å². The first-order valence-electron chi connectivity index (χ1n) is 6.26. The molecule has 2 rings (SSSR count). The van der Waals surface area contributed by atoms with Gasteiger partial charge in [-0.15, -0.1) is 16.7 Å². The van der Waals surface area contributed by atoms with E-state index in [-0.39, 0.29) is 0 Å². The Morgan fingerprint density at radius 3 is 2.82 bits per heavy atom. The predicted molar refractivity (Wildman–Crippen MR) is 68.5 cm³/mol. The van der Waals surface area contributed by atoms with E-state index in [1.54, 1.807) is 0 Å². The molecule has 0 amide bonds. The van der Waals surface area contributed by atoms with Gasteiger partial charge in [-0.05, 0) is 25.2 Å². The van der Waals surface area contributed by atoms with Gasteiger partial charge in [-0.2, -0.15) is 0 Å². The van der Waals surface area contributed by atoms with E-state index in [1.165, 1.54) is 6.42 Å². The second-order valence-corrected chi connectivity index (χ2v) is 5.51. The second-order valence-electron chi connectivity index (χ2n) is 5.13. The number of rotatable bonds is 3. The number of piperidine rings is 1. The van der Waals surface area contributed by atoms with E-state index < -0.39 is 0 Å². The lowest BCUT2D eigenvalue weighted by atomic mass is 9.86. The van der Waals surface area contributed by atoms with E-state index in [2.05, 4.69) is 35.9 Å². The van der Waals surface area contributed by atoms with Crippen LogP contribution in [0.3, 0.4) is 0 Å². The van der Waals surface area contributed by atoms with E-state index in [4.69, 9.17) is 16.0 Å². The number of halogens is 1. The number of anilines is 1. The Balaban J connectivity index is 2.13. The van der Waals surface area contributed by atoms with Gasteiger partial charge in [0, 0.05) is 24.9 Å². The Labute approximate surface area is 107 Å². The fourth-order valence-electron chi connectivity index (χ4n) is 2.51. The third kappa shape index (κ3) is 2.73. The van der Waals surface area contributed by atoms with Crippen LogP contribution in [0.2, 0.25) is 0 Å². The van der Waals surface area contributed by atoms with Crippen LogP contribution in [-0.2, 0) is 6.42 Å². The van der Waals surface area contributed by atoms with Crippen LogP contribution in [0.15, 0.2) is 4.42 Å². The first kappa shape index (κ1) is 12.7. The van der Waals surface area contributed by atoms with Crippen LogP contribution in [0.25, 0.3) is 0 Å². The number of alkyl halides is 1. The summed E-state index contributed by atoms with van der Waals surface area (Å²) in [6, 6.07) is 1.10. The molecule has 0 N–H and O–H groups in total. The number of nitrogens with zero attached hydrogens (tertiary/aromatic N) is 3. The molecular weight excluding hydrogens is 238 g/mol. The molecule has 0 aromatic carbocycles. The molecule has 4 nitrogen and oxygen atoms in total. The summed E-state index contributed by atoms with van der Waals surface area (Å²) >= 11 is 5.66. The van der Waals surface area contributed by atoms with Crippen LogP contribution in [0.5, 0.6) is 0 Å². The van der Waals surface area contributed by atoms with Gasteiger partial charge in [-0.25, -0.2) is 0 Å². The average molecular weight is 258 g/mol. The Bertz CT molecular complexity index is 368. The summed E-state index contributed by atoms with van der Waals surface area (Å²) < 4.78 is 5.65. The molecule has 1 saturated heterocycles. The third-order valence-electron chi connectivity index (χ3n) is 3.61. The highest BCUT2D eigenvalue weighted by molar-refractivity contribution is 6.17. The summed E-state index contributed by atoms with van der Waals surface area (Å²) in [5.74, 6) is 2.48. The molecule has 0 saturated carbocycles. The maximum absolute atomic E-state index is 5.66. The molecule has 1 aromatic rings. The zero-order valence-corrected chi connectivity index (χ0v) is 11.4. The average Bonchev–Trinajstić information content (AvgIpc) is 2.72. The molecule has 17 heavy (non-hydrogen) atoms. The van der Waals surface area contributed by atoms with E-state index in [0.29, 0.717) is 42.1 Å². The first-order valence-corrected chi connectivity index (χ1v) is 6.80. The van der Waals surface area contributed by atoms with Gasteiger partial charge in [-0.3, -0.25) is 0 Å².